The van der Waals surface area contributed by atoms with Gasteiger partial charge >= 0.3 is 0 Å². The van der Waals surface area contributed by atoms with E-state index < -0.39 is 0 Å². The van der Waals surface area contributed by atoms with E-state index in [1.54, 1.807) is 11.3 Å². The lowest BCUT2D eigenvalue weighted by Crippen LogP contribution is -2.13. The lowest BCUT2D eigenvalue weighted by atomic mass is 10.3. The minimum Gasteiger partial charge on any atom is -0.359 e. The first kappa shape index (κ1) is 11.5. The molecule has 1 aromatic heterocycles. The van der Waals surface area contributed by atoms with Crippen LogP contribution in [0.4, 0.5) is 5.13 Å². The van der Waals surface area contributed by atoms with Crippen LogP contribution in [0, 0.1) is 6.92 Å². The van der Waals surface area contributed by atoms with Crippen molar-refractivity contribution in [3.63, 3.8) is 0 Å². The van der Waals surface area contributed by atoms with E-state index in [0.29, 0.717) is 6.04 Å². The molecule has 0 aromatic carbocycles. The standard InChI is InChI=1S/C9H14N2S.C2H6/c1-7-6-12-9(10-7)11-8-4-2-3-5-8;1-2/h6,8H,2-5H2,1H3,(H,10,11);1-2H3. The summed E-state index contributed by atoms with van der Waals surface area (Å²) in [5.41, 5.74) is 1.13. The minimum atomic E-state index is 0.690. The molecule has 0 unspecified atom stereocenters. The molecule has 0 radical (unpaired) electrons. The first-order valence-electron chi connectivity index (χ1n) is 5.53. The summed E-state index contributed by atoms with van der Waals surface area (Å²) in [5, 5.41) is 6.66. The van der Waals surface area contributed by atoms with Crippen LogP contribution in [0.25, 0.3) is 0 Å². The second-order valence-electron chi connectivity index (χ2n) is 3.42. The Morgan fingerprint density at radius 2 is 2.00 bits per heavy atom. The van der Waals surface area contributed by atoms with Crippen molar-refractivity contribution in [3.8, 4) is 0 Å². The second kappa shape index (κ2) is 6.02. The van der Waals surface area contributed by atoms with Crippen molar-refractivity contribution < 1.29 is 0 Å². The van der Waals surface area contributed by atoms with Gasteiger partial charge in [-0.2, -0.15) is 0 Å². The molecule has 3 heteroatoms. The zero-order chi connectivity index (χ0) is 10.4. The smallest absolute Gasteiger partial charge is 0.183 e. The number of aromatic nitrogens is 1. The maximum atomic E-state index is 4.38. The predicted molar refractivity (Wildman–Crippen MR) is 64.1 cm³/mol. The molecule has 80 valence electrons. The molecule has 1 aromatic rings. The number of anilines is 1. The summed E-state index contributed by atoms with van der Waals surface area (Å²) < 4.78 is 0. The maximum Gasteiger partial charge on any atom is 0.183 e. The Bertz CT molecular complexity index is 252. The molecule has 0 spiro atoms. The largest absolute Gasteiger partial charge is 0.359 e. The average Bonchev–Trinajstić information content (AvgIpc) is 2.82. The molecule has 1 N–H and O–H groups in total. The highest BCUT2D eigenvalue weighted by atomic mass is 32.1. The molecule has 0 aliphatic heterocycles. The number of nitrogens with zero attached hydrogens (tertiary/aromatic N) is 1. The van der Waals surface area contributed by atoms with E-state index in [2.05, 4.69) is 15.7 Å². The van der Waals surface area contributed by atoms with Crippen LogP contribution in [-0.2, 0) is 0 Å². The van der Waals surface area contributed by atoms with Gasteiger partial charge in [-0.25, -0.2) is 4.98 Å². The molecule has 0 saturated heterocycles. The van der Waals surface area contributed by atoms with Crippen LogP contribution in [-0.4, -0.2) is 11.0 Å². The van der Waals surface area contributed by atoms with Gasteiger partial charge in [0.15, 0.2) is 5.13 Å². The lowest BCUT2D eigenvalue weighted by molar-refractivity contribution is 0.754. The second-order valence-corrected chi connectivity index (χ2v) is 4.28. The Morgan fingerprint density at radius 1 is 1.36 bits per heavy atom. The maximum absolute atomic E-state index is 4.38. The Morgan fingerprint density at radius 3 is 2.50 bits per heavy atom. The van der Waals surface area contributed by atoms with E-state index in [1.165, 1.54) is 25.7 Å². The molecule has 1 saturated carbocycles. The van der Waals surface area contributed by atoms with Crippen molar-refractivity contribution in [1.29, 1.82) is 0 Å². The van der Waals surface area contributed by atoms with Gasteiger partial charge in [0.1, 0.15) is 0 Å². The van der Waals surface area contributed by atoms with Crippen LogP contribution in [0.15, 0.2) is 5.38 Å². The van der Waals surface area contributed by atoms with E-state index >= 15 is 0 Å². The number of aryl methyl sites for hydroxylation is 1. The average molecular weight is 212 g/mol. The number of hydrogen-bond acceptors (Lipinski definition) is 3. The fourth-order valence-electron chi connectivity index (χ4n) is 1.67. The number of hydrogen-bond donors (Lipinski definition) is 1. The van der Waals surface area contributed by atoms with Crippen molar-refractivity contribution in [2.75, 3.05) is 5.32 Å². The summed E-state index contributed by atoms with van der Waals surface area (Å²) in [5.74, 6) is 0. The summed E-state index contributed by atoms with van der Waals surface area (Å²) in [7, 11) is 0. The number of rotatable bonds is 2. The fraction of sp³-hybridized carbons (Fsp3) is 0.727. The monoisotopic (exact) mass is 212 g/mol. The van der Waals surface area contributed by atoms with Gasteiger partial charge in [0.05, 0.1) is 5.69 Å². The highest BCUT2D eigenvalue weighted by Crippen LogP contribution is 2.23. The SMILES string of the molecule is CC.Cc1csc(NC2CCCC2)n1. The summed E-state index contributed by atoms with van der Waals surface area (Å²) in [6.45, 7) is 6.04. The highest BCUT2D eigenvalue weighted by Gasteiger charge is 2.15. The summed E-state index contributed by atoms with van der Waals surface area (Å²) in [4.78, 5) is 4.38. The molecule has 2 nitrogen and oxygen atoms in total. The zero-order valence-electron chi connectivity index (χ0n) is 9.34. The van der Waals surface area contributed by atoms with Crippen LogP contribution in [0.5, 0.6) is 0 Å². The normalized spacial score (nSPS) is 16.2. The van der Waals surface area contributed by atoms with Crippen LogP contribution in [0.3, 0.4) is 0 Å². The van der Waals surface area contributed by atoms with Crippen molar-refractivity contribution in [2.45, 2.75) is 52.5 Å². The first-order valence-corrected chi connectivity index (χ1v) is 6.41. The molecule has 1 heterocycles. The van der Waals surface area contributed by atoms with Gasteiger partial charge in [0.25, 0.3) is 0 Å². The fourth-order valence-corrected chi connectivity index (χ4v) is 2.43. The van der Waals surface area contributed by atoms with Gasteiger partial charge < -0.3 is 5.32 Å². The molecule has 2 rings (SSSR count). The number of nitrogens with one attached hydrogen (secondary N) is 1. The van der Waals surface area contributed by atoms with E-state index in [0.717, 1.165) is 10.8 Å². The topological polar surface area (TPSA) is 24.9 Å². The summed E-state index contributed by atoms with van der Waals surface area (Å²) in [6.07, 6.45) is 5.39. The molecule has 0 atom stereocenters. The zero-order valence-corrected chi connectivity index (χ0v) is 10.2. The van der Waals surface area contributed by atoms with Crippen molar-refractivity contribution in [3.05, 3.63) is 11.1 Å². The van der Waals surface area contributed by atoms with Gasteiger partial charge in [-0.05, 0) is 19.8 Å². The van der Waals surface area contributed by atoms with Crippen LogP contribution in [0.1, 0.15) is 45.2 Å². The van der Waals surface area contributed by atoms with Crippen molar-refractivity contribution >= 4 is 16.5 Å². The summed E-state index contributed by atoms with van der Waals surface area (Å²) >= 11 is 1.71. The molecule has 0 bridgehead atoms. The molecular formula is C11H20N2S. The van der Waals surface area contributed by atoms with E-state index in [-0.39, 0.29) is 0 Å². The molecule has 1 aliphatic rings. The number of thiazole rings is 1. The summed E-state index contributed by atoms with van der Waals surface area (Å²) in [6, 6.07) is 0.690. The van der Waals surface area contributed by atoms with E-state index in [1.807, 2.05) is 20.8 Å². The van der Waals surface area contributed by atoms with Crippen molar-refractivity contribution in [2.24, 2.45) is 0 Å². The van der Waals surface area contributed by atoms with Gasteiger partial charge in [-0.15, -0.1) is 11.3 Å². The Kier molecular flexibility index (Phi) is 4.94. The van der Waals surface area contributed by atoms with Crippen LogP contribution >= 0.6 is 11.3 Å². The van der Waals surface area contributed by atoms with Crippen molar-refractivity contribution in [1.82, 2.24) is 4.98 Å². The van der Waals surface area contributed by atoms with Gasteiger partial charge in [0.2, 0.25) is 0 Å². The Hall–Kier alpha value is -0.570. The minimum absolute atomic E-state index is 0.690. The first-order chi connectivity index (χ1) is 6.84. The molecule has 1 aliphatic carbocycles. The third-order valence-electron chi connectivity index (χ3n) is 2.30. The Balaban J connectivity index is 0.000000461. The van der Waals surface area contributed by atoms with E-state index in [4.69, 9.17) is 0 Å². The third kappa shape index (κ3) is 3.29. The molecule has 1 fully saturated rings. The molecule has 14 heavy (non-hydrogen) atoms. The lowest BCUT2D eigenvalue weighted by Gasteiger charge is -2.09. The molecule has 0 amide bonds. The quantitative estimate of drug-likeness (QED) is 0.806. The van der Waals surface area contributed by atoms with E-state index in [9.17, 15) is 0 Å². The Labute approximate surface area is 90.8 Å². The third-order valence-corrected chi connectivity index (χ3v) is 3.19. The predicted octanol–water partition coefficient (Wildman–Crippen LogP) is 3.83. The highest BCUT2D eigenvalue weighted by molar-refractivity contribution is 7.13. The van der Waals surface area contributed by atoms with Crippen LogP contribution < -0.4 is 5.32 Å². The van der Waals surface area contributed by atoms with Crippen LogP contribution in [0.2, 0.25) is 0 Å². The van der Waals surface area contributed by atoms with Gasteiger partial charge in [0, 0.05) is 11.4 Å². The van der Waals surface area contributed by atoms with Gasteiger partial charge in [-0.3, -0.25) is 0 Å². The van der Waals surface area contributed by atoms with Gasteiger partial charge in [-0.1, -0.05) is 26.7 Å². The molecular weight excluding hydrogens is 192 g/mol.